The zero-order chi connectivity index (χ0) is 5.86. The lowest BCUT2D eigenvalue weighted by atomic mass is 10.3. The minimum absolute atomic E-state index is 0.0972. The molecule has 0 rings (SSSR count). The molecule has 0 spiro atoms. The van der Waals surface area contributed by atoms with Gasteiger partial charge in [0.15, 0.2) is 0 Å². The maximum Gasteiger partial charge on any atom is 0.339 e. The molecule has 0 bridgehead atoms. The fraction of sp³-hybridized carbons (Fsp3) is 0. The predicted octanol–water partition coefficient (Wildman–Crippen LogP) is 0.616. The van der Waals surface area contributed by atoms with Gasteiger partial charge in [0.05, 0.1) is 5.57 Å². The van der Waals surface area contributed by atoms with Crippen LogP contribution in [0.3, 0.4) is 0 Å². The Morgan fingerprint density at radius 2 is 2.14 bits per heavy atom. The van der Waals surface area contributed by atoms with Gasteiger partial charge in [0, 0.05) is 0 Å². The molecule has 0 saturated heterocycles. The van der Waals surface area contributed by atoms with Crippen molar-refractivity contribution in [3.8, 4) is 0 Å². The van der Waals surface area contributed by atoms with Gasteiger partial charge < -0.3 is 5.11 Å². The van der Waals surface area contributed by atoms with E-state index in [9.17, 15) is 4.79 Å². The number of aliphatic carboxylic acids is 1. The Kier molecular flexibility index (Phi) is 1.89. The summed E-state index contributed by atoms with van der Waals surface area (Å²) < 4.78 is 0. The Labute approximate surface area is 41.8 Å². The Morgan fingerprint density at radius 1 is 1.71 bits per heavy atom. The second-order valence-electron chi connectivity index (χ2n) is 0.960. The minimum atomic E-state index is -1.07. The van der Waals surface area contributed by atoms with E-state index in [-0.39, 0.29) is 5.57 Å². The molecule has 0 atom stereocenters. The van der Waals surface area contributed by atoms with Gasteiger partial charge >= 0.3 is 5.97 Å². The zero-order valence-corrected chi connectivity index (χ0v) is 3.77. The normalized spacial score (nSPS) is 7.00. The van der Waals surface area contributed by atoms with Crippen molar-refractivity contribution >= 4 is 5.97 Å². The van der Waals surface area contributed by atoms with E-state index in [2.05, 4.69) is 19.2 Å². The average molecular weight is 97.1 g/mol. The van der Waals surface area contributed by atoms with E-state index in [0.717, 1.165) is 0 Å². The van der Waals surface area contributed by atoms with Gasteiger partial charge in [0.2, 0.25) is 0 Å². The van der Waals surface area contributed by atoms with E-state index in [0.29, 0.717) is 0 Å². The average Bonchev–Trinajstić information content (AvgIpc) is 1.65. The van der Waals surface area contributed by atoms with Gasteiger partial charge in [0.1, 0.15) is 0 Å². The van der Waals surface area contributed by atoms with E-state index in [1.165, 1.54) is 0 Å². The van der Waals surface area contributed by atoms with E-state index < -0.39 is 5.97 Å². The van der Waals surface area contributed by atoms with Gasteiger partial charge in [0.25, 0.3) is 0 Å². The summed E-state index contributed by atoms with van der Waals surface area (Å²) in [5.74, 6) is -1.07. The highest BCUT2D eigenvalue weighted by Crippen LogP contribution is 1.83. The smallest absolute Gasteiger partial charge is 0.339 e. The highest BCUT2D eigenvalue weighted by Gasteiger charge is 1.93. The Balaban J connectivity index is 4.10. The summed E-state index contributed by atoms with van der Waals surface area (Å²) in [4.78, 5) is 9.73. The lowest BCUT2D eigenvalue weighted by Gasteiger charge is -1.79. The summed E-state index contributed by atoms with van der Waals surface area (Å²) in [7, 11) is 0. The Bertz CT molecular complexity index is 129. The summed E-state index contributed by atoms with van der Waals surface area (Å²) in [6, 6.07) is 0. The van der Waals surface area contributed by atoms with Crippen molar-refractivity contribution in [1.29, 1.82) is 0 Å². The number of carboxylic acids is 1. The largest absolute Gasteiger partial charge is 0.477 e. The van der Waals surface area contributed by atoms with Gasteiger partial charge in [-0.2, -0.15) is 0 Å². The van der Waals surface area contributed by atoms with Gasteiger partial charge in [-0.1, -0.05) is 6.58 Å². The van der Waals surface area contributed by atoms with Crippen molar-refractivity contribution in [2.24, 2.45) is 0 Å². The molecule has 0 amide bonds. The van der Waals surface area contributed by atoms with Crippen LogP contribution in [0.15, 0.2) is 17.9 Å². The SMILES string of the molecule is [CH2]C(=C=C)C(=O)O. The molecular formula is C5H5O2. The van der Waals surface area contributed by atoms with Crippen LogP contribution in [0, 0.1) is 6.92 Å². The van der Waals surface area contributed by atoms with Crippen LogP contribution in [0.5, 0.6) is 0 Å². The molecule has 0 unspecified atom stereocenters. The predicted molar refractivity (Wildman–Crippen MR) is 25.6 cm³/mol. The molecule has 0 aliphatic heterocycles. The molecule has 0 aliphatic rings. The van der Waals surface area contributed by atoms with Crippen LogP contribution in [-0.4, -0.2) is 11.1 Å². The first kappa shape index (κ1) is 5.99. The molecule has 1 N–H and O–H groups in total. The third-order valence-electron chi connectivity index (χ3n) is 0.472. The molecule has 7 heavy (non-hydrogen) atoms. The zero-order valence-electron chi connectivity index (χ0n) is 3.77. The van der Waals surface area contributed by atoms with Crippen LogP contribution in [0.25, 0.3) is 0 Å². The molecule has 0 fully saturated rings. The number of carboxylic acid groups (broad SMARTS) is 1. The molecule has 0 aliphatic carbocycles. The maximum atomic E-state index is 9.73. The highest BCUT2D eigenvalue weighted by atomic mass is 16.4. The van der Waals surface area contributed by atoms with Gasteiger partial charge in [-0.25, -0.2) is 4.79 Å². The summed E-state index contributed by atoms with van der Waals surface area (Å²) in [6.45, 7) is 6.18. The van der Waals surface area contributed by atoms with Crippen LogP contribution in [0.1, 0.15) is 0 Å². The van der Waals surface area contributed by atoms with E-state index in [1.54, 1.807) is 0 Å². The monoisotopic (exact) mass is 97.0 g/mol. The Morgan fingerprint density at radius 3 is 2.14 bits per heavy atom. The molecule has 0 aromatic heterocycles. The van der Waals surface area contributed by atoms with Crippen LogP contribution in [0.4, 0.5) is 0 Å². The first-order valence-electron chi connectivity index (χ1n) is 1.63. The first-order chi connectivity index (χ1) is 3.18. The molecule has 0 saturated carbocycles. The number of hydrogen-bond donors (Lipinski definition) is 1. The topological polar surface area (TPSA) is 37.3 Å². The van der Waals surface area contributed by atoms with E-state index in [4.69, 9.17) is 5.11 Å². The van der Waals surface area contributed by atoms with Crippen molar-refractivity contribution in [3.05, 3.63) is 24.8 Å². The van der Waals surface area contributed by atoms with Crippen molar-refractivity contribution in [2.45, 2.75) is 0 Å². The van der Waals surface area contributed by atoms with Crippen LogP contribution < -0.4 is 0 Å². The summed E-state index contributed by atoms with van der Waals surface area (Å²) in [5.41, 5.74) is 2.02. The van der Waals surface area contributed by atoms with Crippen LogP contribution in [-0.2, 0) is 4.79 Å². The molecule has 1 radical (unpaired) electrons. The van der Waals surface area contributed by atoms with Gasteiger partial charge in [-0.3, -0.25) is 0 Å². The molecule has 2 nitrogen and oxygen atoms in total. The highest BCUT2D eigenvalue weighted by molar-refractivity contribution is 5.87. The summed E-state index contributed by atoms with van der Waals surface area (Å²) in [6.07, 6.45) is 0. The minimum Gasteiger partial charge on any atom is -0.477 e. The third-order valence-corrected chi connectivity index (χ3v) is 0.472. The van der Waals surface area contributed by atoms with Crippen molar-refractivity contribution in [2.75, 3.05) is 0 Å². The van der Waals surface area contributed by atoms with E-state index in [1.807, 2.05) is 0 Å². The summed E-state index contributed by atoms with van der Waals surface area (Å²) in [5, 5.41) is 7.98. The molecule has 37 valence electrons. The molecule has 2 heteroatoms. The molecule has 0 aromatic rings. The fourth-order valence-corrected chi connectivity index (χ4v) is 0.0756. The van der Waals surface area contributed by atoms with Gasteiger partial charge in [-0.15, -0.1) is 5.73 Å². The van der Waals surface area contributed by atoms with Crippen molar-refractivity contribution in [3.63, 3.8) is 0 Å². The molecular weight excluding hydrogens is 92.1 g/mol. The Hall–Kier alpha value is -1.01. The standard InChI is InChI=1S/C5H5O2/c1-3-4(2)5(6)7/h1-2H2,(H,6,7). The maximum absolute atomic E-state index is 9.73. The second kappa shape index (κ2) is 2.21. The quantitative estimate of drug-likeness (QED) is 0.384. The lowest BCUT2D eigenvalue weighted by Crippen LogP contribution is -1.93. The first-order valence-corrected chi connectivity index (χ1v) is 1.63. The number of hydrogen-bond acceptors (Lipinski definition) is 1. The molecule has 0 heterocycles. The number of rotatable bonds is 1. The van der Waals surface area contributed by atoms with Crippen LogP contribution >= 0.6 is 0 Å². The summed E-state index contributed by atoms with van der Waals surface area (Å²) >= 11 is 0. The lowest BCUT2D eigenvalue weighted by molar-refractivity contribution is -0.132. The molecule has 0 aromatic carbocycles. The third kappa shape index (κ3) is 1.79. The van der Waals surface area contributed by atoms with E-state index >= 15 is 0 Å². The van der Waals surface area contributed by atoms with Gasteiger partial charge in [-0.05, 0) is 6.92 Å². The number of carbonyl (C=O) groups is 1. The van der Waals surface area contributed by atoms with Crippen LogP contribution in [0.2, 0.25) is 0 Å². The van der Waals surface area contributed by atoms with Crippen molar-refractivity contribution < 1.29 is 9.90 Å². The second-order valence-corrected chi connectivity index (χ2v) is 0.960. The van der Waals surface area contributed by atoms with Crippen molar-refractivity contribution in [1.82, 2.24) is 0 Å². The fourth-order valence-electron chi connectivity index (χ4n) is 0.0756.